The monoisotopic (exact) mass is 327 g/mol. The van der Waals surface area contributed by atoms with Crippen LogP contribution in [0, 0.1) is 5.92 Å². The fourth-order valence-corrected chi connectivity index (χ4v) is 3.32. The lowest BCUT2D eigenvalue weighted by Gasteiger charge is -2.17. The number of amides is 1. The van der Waals surface area contributed by atoms with Gasteiger partial charge in [-0.2, -0.15) is 5.10 Å². The molecule has 128 valence electrons. The highest BCUT2D eigenvalue weighted by atomic mass is 16.3. The molecule has 0 bridgehead atoms. The maximum atomic E-state index is 12.9. The van der Waals surface area contributed by atoms with Crippen molar-refractivity contribution in [3.8, 4) is 0 Å². The SMILES string of the molecule is CCCc1c(C(=O)N2CCC(CO)C2)cnn1Cc1ccccc1. The minimum Gasteiger partial charge on any atom is -0.396 e. The predicted molar refractivity (Wildman–Crippen MR) is 92.9 cm³/mol. The first-order valence-electron chi connectivity index (χ1n) is 8.71. The first-order valence-corrected chi connectivity index (χ1v) is 8.71. The average Bonchev–Trinajstić information content (AvgIpc) is 3.23. The van der Waals surface area contributed by atoms with Crippen molar-refractivity contribution in [1.29, 1.82) is 0 Å². The van der Waals surface area contributed by atoms with Crippen LogP contribution < -0.4 is 0 Å². The predicted octanol–water partition coefficient (Wildman–Crippen LogP) is 2.34. The van der Waals surface area contributed by atoms with Crippen LogP contribution in [0.25, 0.3) is 0 Å². The Bertz CT molecular complexity index is 681. The standard InChI is InChI=1S/C19H25N3O2/c1-2-6-18-17(19(24)21-10-9-16(12-21)14-23)11-20-22(18)13-15-7-4-3-5-8-15/h3-5,7-8,11,16,23H,2,6,9-10,12-14H2,1H3. The topological polar surface area (TPSA) is 58.4 Å². The molecule has 1 aliphatic rings. The highest BCUT2D eigenvalue weighted by Crippen LogP contribution is 2.21. The van der Waals surface area contributed by atoms with Crippen molar-refractivity contribution in [2.24, 2.45) is 5.92 Å². The number of hydrogen-bond acceptors (Lipinski definition) is 3. The first kappa shape index (κ1) is 16.7. The minimum absolute atomic E-state index is 0.0497. The van der Waals surface area contributed by atoms with Crippen LogP contribution in [0.2, 0.25) is 0 Å². The molecule has 0 aliphatic carbocycles. The molecule has 1 unspecified atom stereocenters. The third-order valence-corrected chi connectivity index (χ3v) is 4.67. The van der Waals surface area contributed by atoms with E-state index in [1.165, 1.54) is 5.56 Å². The van der Waals surface area contributed by atoms with E-state index in [9.17, 15) is 9.90 Å². The lowest BCUT2D eigenvalue weighted by Crippen LogP contribution is -2.29. The van der Waals surface area contributed by atoms with E-state index in [0.717, 1.165) is 31.5 Å². The number of carbonyl (C=O) groups is 1. The van der Waals surface area contributed by atoms with Crippen LogP contribution in [-0.4, -0.2) is 45.4 Å². The van der Waals surface area contributed by atoms with Gasteiger partial charge in [0.15, 0.2) is 0 Å². The van der Waals surface area contributed by atoms with E-state index in [-0.39, 0.29) is 18.4 Å². The summed E-state index contributed by atoms with van der Waals surface area (Å²) in [7, 11) is 0. The van der Waals surface area contributed by atoms with Crippen molar-refractivity contribution in [2.75, 3.05) is 19.7 Å². The Balaban J connectivity index is 1.82. The zero-order chi connectivity index (χ0) is 16.9. The fourth-order valence-electron chi connectivity index (χ4n) is 3.32. The molecule has 24 heavy (non-hydrogen) atoms. The summed E-state index contributed by atoms with van der Waals surface area (Å²) in [6, 6.07) is 10.2. The average molecular weight is 327 g/mol. The van der Waals surface area contributed by atoms with Crippen molar-refractivity contribution in [3.63, 3.8) is 0 Å². The molecule has 1 aliphatic heterocycles. The molecule has 0 saturated carbocycles. The number of aromatic nitrogens is 2. The molecule has 1 aromatic heterocycles. The van der Waals surface area contributed by atoms with Gasteiger partial charge >= 0.3 is 0 Å². The third kappa shape index (κ3) is 3.51. The normalized spacial score (nSPS) is 17.4. The third-order valence-electron chi connectivity index (χ3n) is 4.67. The zero-order valence-electron chi connectivity index (χ0n) is 14.2. The first-order chi connectivity index (χ1) is 11.7. The van der Waals surface area contributed by atoms with Crippen LogP contribution in [0.5, 0.6) is 0 Å². The van der Waals surface area contributed by atoms with E-state index in [0.29, 0.717) is 18.7 Å². The number of benzene rings is 1. The van der Waals surface area contributed by atoms with E-state index in [1.54, 1.807) is 6.20 Å². The second kappa shape index (κ2) is 7.62. The second-order valence-corrected chi connectivity index (χ2v) is 6.49. The number of rotatable bonds is 6. The summed E-state index contributed by atoms with van der Waals surface area (Å²) in [6.45, 7) is 4.32. The number of aliphatic hydroxyl groups is 1. The van der Waals surface area contributed by atoms with Gasteiger partial charge in [0, 0.05) is 25.6 Å². The molecular weight excluding hydrogens is 302 g/mol. The van der Waals surface area contributed by atoms with Gasteiger partial charge in [0.25, 0.3) is 5.91 Å². The highest BCUT2D eigenvalue weighted by Gasteiger charge is 2.29. The van der Waals surface area contributed by atoms with Gasteiger partial charge < -0.3 is 10.0 Å². The Labute approximate surface area is 142 Å². The number of nitrogens with zero attached hydrogens (tertiary/aromatic N) is 3. The molecule has 1 saturated heterocycles. The van der Waals surface area contributed by atoms with Gasteiger partial charge in [-0.25, -0.2) is 0 Å². The van der Waals surface area contributed by atoms with Crippen molar-refractivity contribution >= 4 is 5.91 Å². The lowest BCUT2D eigenvalue weighted by molar-refractivity contribution is 0.0780. The summed E-state index contributed by atoms with van der Waals surface area (Å²) in [5.74, 6) is 0.261. The molecular formula is C19H25N3O2. The molecule has 5 nitrogen and oxygen atoms in total. The summed E-state index contributed by atoms with van der Waals surface area (Å²) in [4.78, 5) is 14.7. The van der Waals surface area contributed by atoms with E-state index in [1.807, 2.05) is 27.8 Å². The quantitative estimate of drug-likeness (QED) is 0.886. The summed E-state index contributed by atoms with van der Waals surface area (Å²) < 4.78 is 1.95. The number of hydrogen-bond donors (Lipinski definition) is 1. The summed E-state index contributed by atoms with van der Waals surface area (Å²) in [5.41, 5.74) is 2.91. The molecule has 5 heteroatoms. The van der Waals surface area contributed by atoms with Crippen molar-refractivity contribution in [1.82, 2.24) is 14.7 Å². The second-order valence-electron chi connectivity index (χ2n) is 6.49. The fraction of sp³-hybridized carbons (Fsp3) is 0.474. The molecule has 1 N–H and O–H groups in total. The van der Waals surface area contributed by atoms with Crippen LogP contribution >= 0.6 is 0 Å². The number of likely N-dealkylation sites (tertiary alicyclic amines) is 1. The van der Waals surface area contributed by atoms with E-state index in [4.69, 9.17) is 0 Å². The van der Waals surface area contributed by atoms with Gasteiger partial charge in [0.05, 0.1) is 24.0 Å². The van der Waals surface area contributed by atoms with Gasteiger partial charge in [0.2, 0.25) is 0 Å². The molecule has 0 spiro atoms. The highest BCUT2D eigenvalue weighted by molar-refractivity contribution is 5.95. The molecule has 1 fully saturated rings. The Morgan fingerprint density at radius 2 is 2.12 bits per heavy atom. The van der Waals surface area contributed by atoms with Crippen LogP contribution in [0.3, 0.4) is 0 Å². The Hall–Kier alpha value is -2.14. The molecule has 1 aromatic carbocycles. The largest absolute Gasteiger partial charge is 0.396 e. The molecule has 1 amide bonds. The van der Waals surface area contributed by atoms with Gasteiger partial charge in [-0.05, 0) is 18.4 Å². The molecule has 0 radical (unpaired) electrons. The van der Waals surface area contributed by atoms with Gasteiger partial charge in [-0.3, -0.25) is 9.48 Å². The van der Waals surface area contributed by atoms with Crippen LogP contribution in [0.4, 0.5) is 0 Å². The van der Waals surface area contributed by atoms with Crippen LogP contribution in [-0.2, 0) is 13.0 Å². The molecule has 3 rings (SSSR count). The maximum absolute atomic E-state index is 12.9. The van der Waals surface area contributed by atoms with Crippen molar-refractivity contribution < 1.29 is 9.90 Å². The Kier molecular flexibility index (Phi) is 5.30. The van der Waals surface area contributed by atoms with Gasteiger partial charge in [-0.1, -0.05) is 43.7 Å². The van der Waals surface area contributed by atoms with Gasteiger partial charge in [0.1, 0.15) is 0 Å². The van der Waals surface area contributed by atoms with E-state index >= 15 is 0 Å². The summed E-state index contributed by atoms with van der Waals surface area (Å²) >= 11 is 0. The number of carbonyl (C=O) groups excluding carboxylic acids is 1. The van der Waals surface area contributed by atoms with E-state index in [2.05, 4.69) is 24.2 Å². The smallest absolute Gasteiger partial charge is 0.257 e. The molecule has 2 heterocycles. The Morgan fingerprint density at radius 3 is 2.79 bits per heavy atom. The zero-order valence-corrected chi connectivity index (χ0v) is 14.2. The van der Waals surface area contributed by atoms with Crippen molar-refractivity contribution in [2.45, 2.75) is 32.7 Å². The lowest BCUT2D eigenvalue weighted by atomic mass is 10.1. The molecule has 2 aromatic rings. The minimum atomic E-state index is 0.0497. The number of aliphatic hydroxyl groups excluding tert-OH is 1. The maximum Gasteiger partial charge on any atom is 0.257 e. The van der Waals surface area contributed by atoms with E-state index < -0.39 is 0 Å². The van der Waals surface area contributed by atoms with Crippen LogP contribution in [0.15, 0.2) is 36.5 Å². The van der Waals surface area contributed by atoms with Crippen LogP contribution in [0.1, 0.15) is 41.4 Å². The van der Waals surface area contributed by atoms with Crippen molar-refractivity contribution in [3.05, 3.63) is 53.3 Å². The summed E-state index contributed by atoms with van der Waals surface area (Å²) in [6.07, 6.45) is 4.40. The summed E-state index contributed by atoms with van der Waals surface area (Å²) in [5, 5.41) is 13.8. The Morgan fingerprint density at radius 1 is 1.33 bits per heavy atom. The van der Waals surface area contributed by atoms with Gasteiger partial charge in [-0.15, -0.1) is 0 Å². The molecule has 1 atom stereocenters.